The van der Waals surface area contributed by atoms with E-state index >= 15 is 0 Å². The Morgan fingerprint density at radius 2 is 1.89 bits per heavy atom. The number of rotatable bonds is 4. The number of benzene rings is 1. The summed E-state index contributed by atoms with van der Waals surface area (Å²) in [5.41, 5.74) is 0.591. The molecule has 0 aliphatic carbocycles. The summed E-state index contributed by atoms with van der Waals surface area (Å²) < 4.78 is 40.1. The first kappa shape index (κ1) is 13.5. The van der Waals surface area contributed by atoms with E-state index in [1.165, 1.54) is 6.07 Å². The zero-order valence-corrected chi connectivity index (χ0v) is 10.3. The van der Waals surface area contributed by atoms with E-state index in [1.54, 1.807) is 24.4 Å². The fourth-order valence-corrected chi connectivity index (χ4v) is 1.89. The average Bonchev–Trinajstić information content (AvgIpc) is 2.44. The van der Waals surface area contributed by atoms with Crippen LogP contribution in [0.5, 0.6) is 0 Å². The lowest BCUT2D eigenvalue weighted by Gasteiger charge is -2.18. The molecule has 0 radical (unpaired) electrons. The van der Waals surface area contributed by atoms with Gasteiger partial charge in [0.25, 0.3) is 0 Å². The van der Waals surface area contributed by atoms with Crippen molar-refractivity contribution in [3.63, 3.8) is 0 Å². The lowest BCUT2D eigenvalue weighted by atomic mass is 10.0. The molecule has 0 saturated carbocycles. The topological polar surface area (TPSA) is 24.9 Å². The van der Waals surface area contributed by atoms with Crippen molar-refractivity contribution in [2.45, 2.75) is 13.0 Å². The van der Waals surface area contributed by atoms with Crippen LogP contribution in [0.2, 0.25) is 0 Å². The molecule has 1 unspecified atom stereocenters. The summed E-state index contributed by atoms with van der Waals surface area (Å²) in [6.45, 7) is 2.38. The van der Waals surface area contributed by atoms with Crippen LogP contribution < -0.4 is 5.32 Å². The van der Waals surface area contributed by atoms with E-state index in [-0.39, 0.29) is 5.56 Å². The van der Waals surface area contributed by atoms with Crippen LogP contribution in [0.15, 0.2) is 36.5 Å². The van der Waals surface area contributed by atoms with E-state index < -0.39 is 23.5 Å². The first-order chi connectivity index (χ1) is 9.15. The summed E-state index contributed by atoms with van der Waals surface area (Å²) in [4.78, 5) is 4.12. The summed E-state index contributed by atoms with van der Waals surface area (Å²) in [5, 5.41) is 3.01. The van der Waals surface area contributed by atoms with E-state index in [0.29, 0.717) is 12.2 Å². The summed E-state index contributed by atoms with van der Waals surface area (Å²) in [6.07, 6.45) is 1.57. The van der Waals surface area contributed by atoms with Crippen molar-refractivity contribution < 1.29 is 13.2 Å². The highest BCUT2D eigenvalue weighted by Gasteiger charge is 2.22. The molecule has 2 aromatic rings. The van der Waals surface area contributed by atoms with Gasteiger partial charge in [0.15, 0.2) is 17.5 Å². The molecule has 5 heteroatoms. The van der Waals surface area contributed by atoms with Gasteiger partial charge in [0.05, 0.1) is 11.7 Å². The second-order valence-electron chi connectivity index (χ2n) is 4.01. The summed E-state index contributed by atoms with van der Waals surface area (Å²) in [7, 11) is 0. The maximum Gasteiger partial charge on any atom is 0.194 e. The average molecular weight is 266 g/mol. The number of hydrogen-bond donors (Lipinski definition) is 1. The van der Waals surface area contributed by atoms with Crippen LogP contribution >= 0.6 is 0 Å². The molecule has 0 aliphatic heterocycles. The van der Waals surface area contributed by atoms with Gasteiger partial charge in [-0.05, 0) is 24.7 Å². The zero-order valence-electron chi connectivity index (χ0n) is 10.3. The van der Waals surface area contributed by atoms with Crippen molar-refractivity contribution in [1.82, 2.24) is 10.3 Å². The van der Waals surface area contributed by atoms with Gasteiger partial charge in [-0.25, -0.2) is 13.2 Å². The smallest absolute Gasteiger partial charge is 0.194 e. The number of pyridine rings is 1. The van der Waals surface area contributed by atoms with Gasteiger partial charge in [0.1, 0.15) is 0 Å². The third kappa shape index (κ3) is 2.76. The van der Waals surface area contributed by atoms with Gasteiger partial charge in [-0.1, -0.05) is 19.1 Å². The Kier molecular flexibility index (Phi) is 4.16. The molecule has 100 valence electrons. The lowest BCUT2D eigenvalue weighted by Crippen LogP contribution is -2.24. The van der Waals surface area contributed by atoms with Crippen LogP contribution in [-0.2, 0) is 0 Å². The molecule has 0 saturated heterocycles. The van der Waals surface area contributed by atoms with Gasteiger partial charge in [0.2, 0.25) is 0 Å². The van der Waals surface area contributed by atoms with E-state index in [9.17, 15) is 13.2 Å². The lowest BCUT2D eigenvalue weighted by molar-refractivity contribution is 0.432. The predicted molar refractivity (Wildman–Crippen MR) is 66.1 cm³/mol. The third-order valence-electron chi connectivity index (χ3n) is 2.77. The third-order valence-corrected chi connectivity index (χ3v) is 2.77. The number of nitrogens with one attached hydrogen (secondary N) is 1. The Labute approximate surface area is 109 Å². The standard InChI is InChI=1S/C14H13F3N2/c1-2-18-14(11-5-3-4-8-19-11)9-6-7-10(15)13(17)12(9)16/h3-8,14,18H,2H2,1H3. The Morgan fingerprint density at radius 3 is 2.53 bits per heavy atom. The van der Waals surface area contributed by atoms with Gasteiger partial charge >= 0.3 is 0 Å². The van der Waals surface area contributed by atoms with Crippen molar-refractivity contribution >= 4 is 0 Å². The number of nitrogens with zero attached hydrogens (tertiary/aromatic N) is 1. The second kappa shape index (κ2) is 5.84. The fourth-order valence-electron chi connectivity index (χ4n) is 1.89. The first-order valence-corrected chi connectivity index (χ1v) is 5.92. The molecule has 0 spiro atoms. The monoisotopic (exact) mass is 266 g/mol. The number of halogens is 3. The van der Waals surface area contributed by atoms with E-state index in [2.05, 4.69) is 10.3 Å². The van der Waals surface area contributed by atoms with E-state index in [0.717, 1.165) is 6.07 Å². The van der Waals surface area contributed by atoms with Crippen LogP contribution in [0.25, 0.3) is 0 Å². The van der Waals surface area contributed by atoms with Gasteiger partial charge in [-0.3, -0.25) is 4.98 Å². The minimum atomic E-state index is -1.46. The molecule has 1 aromatic heterocycles. The van der Waals surface area contributed by atoms with E-state index in [1.807, 2.05) is 6.92 Å². The normalized spacial score (nSPS) is 12.4. The number of hydrogen-bond acceptors (Lipinski definition) is 2. The molecular weight excluding hydrogens is 253 g/mol. The largest absolute Gasteiger partial charge is 0.305 e. The van der Waals surface area contributed by atoms with Crippen LogP contribution in [0.4, 0.5) is 13.2 Å². The van der Waals surface area contributed by atoms with Crippen molar-refractivity contribution in [1.29, 1.82) is 0 Å². The van der Waals surface area contributed by atoms with E-state index in [4.69, 9.17) is 0 Å². The highest BCUT2D eigenvalue weighted by molar-refractivity contribution is 5.30. The Bertz CT molecular complexity index is 558. The van der Waals surface area contributed by atoms with Crippen molar-refractivity contribution in [2.75, 3.05) is 6.54 Å². The minimum absolute atomic E-state index is 0.0412. The quantitative estimate of drug-likeness (QED) is 0.860. The fraction of sp³-hybridized carbons (Fsp3) is 0.214. The molecule has 0 aliphatic rings. The molecule has 19 heavy (non-hydrogen) atoms. The molecule has 1 aromatic carbocycles. The number of aromatic nitrogens is 1. The maximum absolute atomic E-state index is 13.8. The molecule has 1 heterocycles. The maximum atomic E-state index is 13.8. The molecule has 0 bridgehead atoms. The predicted octanol–water partition coefficient (Wildman–Crippen LogP) is 3.20. The highest BCUT2D eigenvalue weighted by Crippen LogP contribution is 2.25. The first-order valence-electron chi connectivity index (χ1n) is 5.92. The summed E-state index contributed by atoms with van der Waals surface area (Å²) in [6, 6.07) is 6.73. The zero-order chi connectivity index (χ0) is 13.8. The molecule has 0 amide bonds. The van der Waals surface area contributed by atoms with Crippen LogP contribution in [0, 0.1) is 17.5 Å². The van der Waals surface area contributed by atoms with Gasteiger partial charge in [0, 0.05) is 11.8 Å². The summed E-state index contributed by atoms with van der Waals surface area (Å²) in [5.74, 6) is -3.84. The molecule has 1 atom stereocenters. The van der Waals surface area contributed by atoms with Crippen LogP contribution in [0.3, 0.4) is 0 Å². The molecule has 2 nitrogen and oxygen atoms in total. The minimum Gasteiger partial charge on any atom is -0.305 e. The Balaban J connectivity index is 2.49. The Hall–Kier alpha value is -1.88. The Morgan fingerprint density at radius 1 is 1.11 bits per heavy atom. The van der Waals surface area contributed by atoms with Gasteiger partial charge < -0.3 is 5.32 Å². The van der Waals surface area contributed by atoms with Crippen molar-refractivity contribution in [3.05, 3.63) is 65.2 Å². The molecule has 2 rings (SSSR count). The SMILES string of the molecule is CCNC(c1ccccn1)c1ccc(F)c(F)c1F. The second-order valence-corrected chi connectivity index (χ2v) is 4.01. The van der Waals surface area contributed by atoms with Gasteiger partial charge in [-0.2, -0.15) is 0 Å². The molecule has 1 N–H and O–H groups in total. The molecular formula is C14H13F3N2. The van der Waals surface area contributed by atoms with Crippen molar-refractivity contribution in [2.24, 2.45) is 0 Å². The van der Waals surface area contributed by atoms with Crippen molar-refractivity contribution in [3.8, 4) is 0 Å². The molecule has 0 fully saturated rings. The van der Waals surface area contributed by atoms with Crippen LogP contribution in [0.1, 0.15) is 24.2 Å². The highest BCUT2D eigenvalue weighted by atomic mass is 19.2. The summed E-state index contributed by atoms with van der Waals surface area (Å²) >= 11 is 0. The van der Waals surface area contributed by atoms with Gasteiger partial charge in [-0.15, -0.1) is 0 Å². The van der Waals surface area contributed by atoms with Crippen LogP contribution in [-0.4, -0.2) is 11.5 Å².